The van der Waals surface area contributed by atoms with Gasteiger partial charge in [0.1, 0.15) is 5.82 Å². The van der Waals surface area contributed by atoms with Crippen molar-refractivity contribution in [1.29, 1.82) is 0 Å². The molecule has 0 radical (unpaired) electrons. The number of nitrogens with zero attached hydrogens (tertiary/aromatic N) is 2. The molecule has 1 aliphatic heterocycles. The van der Waals surface area contributed by atoms with Crippen molar-refractivity contribution in [3.8, 4) is 0 Å². The first kappa shape index (κ1) is 15.3. The molecule has 1 saturated carbocycles. The van der Waals surface area contributed by atoms with E-state index in [4.69, 9.17) is 16.6 Å². The number of anilines is 1. The third-order valence-corrected chi connectivity index (χ3v) is 5.91. The van der Waals surface area contributed by atoms with Crippen LogP contribution in [-0.4, -0.2) is 17.6 Å². The number of hydrogen-bond acceptors (Lipinski definition) is 2. The lowest BCUT2D eigenvalue weighted by molar-refractivity contribution is 0.136. The summed E-state index contributed by atoms with van der Waals surface area (Å²) in [5.74, 6) is 1.13. The van der Waals surface area contributed by atoms with E-state index < -0.39 is 0 Å². The fraction of sp³-hybridized carbons (Fsp3) is 0.550. The average Bonchev–Trinajstić information content (AvgIpc) is 2.67. The number of halogens is 1. The Balaban J connectivity index is 1.78. The third-order valence-electron chi connectivity index (χ3n) is 5.67. The SMILES string of the molecule is Cc1cc(N2C[C@@]3(C)C[C@H]2CC(C)(C)C3)nc2cc(Cl)ccc12. The molecule has 2 aromatic rings. The van der Waals surface area contributed by atoms with Gasteiger partial charge in [-0.15, -0.1) is 0 Å². The van der Waals surface area contributed by atoms with Gasteiger partial charge in [0.25, 0.3) is 0 Å². The summed E-state index contributed by atoms with van der Waals surface area (Å²) in [5, 5.41) is 1.96. The molecule has 1 saturated heterocycles. The minimum atomic E-state index is 0.422. The van der Waals surface area contributed by atoms with Crippen LogP contribution in [0, 0.1) is 17.8 Å². The Morgan fingerprint density at radius 3 is 2.74 bits per heavy atom. The molecule has 0 N–H and O–H groups in total. The van der Waals surface area contributed by atoms with E-state index in [0.29, 0.717) is 16.9 Å². The molecule has 0 unspecified atom stereocenters. The molecule has 23 heavy (non-hydrogen) atoms. The minimum absolute atomic E-state index is 0.422. The molecule has 3 heteroatoms. The van der Waals surface area contributed by atoms with E-state index >= 15 is 0 Å². The van der Waals surface area contributed by atoms with E-state index in [1.165, 1.54) is 30.2 Å². The second-order valence-corrected chi connectivity index (χ2v) is 9.24. The van der Waals surface area contributed by atoms with Crippen molar-refractivity contribution in [3.05, 3.63) is 34.9 Å². The number of aryl methyl sites for hydroxylation is 1. The predicted molar refractivity (Wildman–Crippen MR) is 98.4 cm³/mol. The first-order valence-electron chi connectivity index (χ1n) is 8.58. The number of fused-ring (bicyclic) bond motifs is 3. The molecule has 1 aliphatic carbocycles. The molecular formula is C20H25ClN2. The van der Waals surface area contributed by atoms with Crippen LogP contribution < -0.4 is 4.90 Å². The Kier molecular flexibility index (Phi) is 3.22. The van der Waals surface area contributed by atoms with Gasteiger partial charge in [0.15, 0.2) is 0 Å². The van der Waals surface area contributed by atoms with E-state index in [-0.39, 0.29) is 0 Å². The van der Waals surface area contributed by atoms with Crippen LogP contribution in [0.5, 0.6) is 0 Å². The Bertz CT molecular complexity index is 783. The molecule has 4 rings (SSSR count). The molecule has 0 spiro atoms. The molecule has 1 aromatic carbocycles. The minimum Gasteiger partial charge on any atom is -0.353 e. The quantitative estimate of drug-likeness (QED) is 0.677. The Labute approximate surface area is 143 Å². The molecule has 2 heterocycles. The van der Waals surface area contributed by atoms with Crippen LogP contribution in [0.15, 0.2) is 24.3 Å². The zero-order valence-corrected chi connectivity index (χ0v) is 15.2. The van der Waals surface area contributed by atoms with Gasteiger partial charge in [-0.25, -0.2) is 4.98 Å². The summed E-state index contributed by atoms with van der Waals surface area (Å²) in [7, 11) is 0. The molecule has 1 aromatic heterocycles. The monoisotopic (exact) mass is 328 g/mol. The first-order valence-corrected chi connectivity index (χ1v) is 8.96. The lowest BCUT2D eigenvalue weighted by Crippen LogP contribution is -2.35. The Hall–Kier alpha value is -1.28. The normalized spacial score (nSPS) is 29.3. The maximum atomic E-state index is 6.18. The van der Waals surface area contributed by atoms with Gasteiger partial charge in [-0.1, -0.05) is 38.4 Å². The number of aromatic nitrogens is 1. The molecular weight excluding hydrogens is 304 g/mol. The van der Waals surface area contributed by atoms with E-state index in [9.17, 15) is 0 Å². The van der Waals surface area contributed by atoms with Gasteiger partial charge in [-0.05, 0) is 60.8 Å². The van der Waals surface area contributed by atoms with Gasteiger partial charge in [0, 0.05) is 23.0 Å². The van der Waals surface area contributed by atoms with Crippen LogP contribution in [0.3, 0.4) is 0 Å². The lowest BCUT2D eigenvalue weighted by atomic mass is 9.65. The van der Waals surface area contributed by atoms with Crippen molar-refractivity contribution in [2.45, 2.75) is 53.0 Å². The second-order valence-electron chi connectivity index (χ2n) is 8.80. The topological polar surface area (TPSA) is 16.1 Å². The standard InChI is InChI=1S/C20H25ClN2/c1-13-7-18(22-17-8-14(21)5-6-16(13)17)23-12-20(4)10-15(23)9-19(2,3)11-20/h5-8,15H,9-12H2,1-4H3/t15-,20+/m1/s1. The van der Waals surface area contributed by atoms with Crippen molar-refractivity contribution < 1.29 is 0 Å². The predicted octanol–water partition coefficient (Wildman–Crippen LogP) is 5.60. The van der Waals surface area contributed by atoms with E-state index in [1.54, 1.807) is 0 Å². The zero-order chi connectivity index (χ0) is 16.4. The van der Waals surface area contributed by atoms with Crippen LogP contribution in [0.1, 0.15) is 45.6 Å². The van der Waals surface area contributed by atoms with E-state index in [0.717, 1.165) is 22.9 Å². The highest BCUT2D eigenvalue weighted by Crippen LogP contribution is 2.53. The Morgan fingerprint density at radius 2 is 1.96 bits per heavy atom. The Morgan fingerprint density at radius 1 is 1.17 bits per heavy atom. The fourth-order valence-electron chi connectivity index (χ4n) is 5.23. The van der Waals surface area contributed by atoms with Crippen LogP contribution in [0.2, 0.25) is 5.02 Å². The number of pyridine rings is 1. The lowest BCUT2D eigenvalue weighted by Gasteiger charge is -2.39. The molecule has 2 atom stereocenters. The summed E-state index contributed by atoms with van der Waals surface area (Å²) in [6, 6.07) is 8.89. The highest BCUT2D eigenvalue weighted by Gasteiger charge is 2.49. The largest absolute Gasteiger partial charge is 0.353 e. The van der Waals surface area contributed by atoms with Gasteiger partial charge in [-0.2, -0.15) is 0 Å². The molecule has 2 bridgehead atoms. The second kappa shape index (κ2) is 4.86. The van der Waals surface area contributed by atoms with Crippen molar-refractivity contribution in [1.82, 2.24) is 4.98 Å². The van der Waals surface area contributed by atoms with Crippen molar-refractivity contribution in [2.75, 3.05) is 11.4 Å². The van der Waals surface area contributed by atoms with E-state index in [1.807, 2.05) is 12.1 Å². The van der Waals surface area contributed by atoms with Crippen LogP contribution in [-0.2, 0) is 0 Å². The molecule has 2 nitrogen and oxygen atoms in total. The number of benzene rings is 1. The van der Waals surface area contributed by atoms with Gasteiger partial charge < -0.3 is 4.90 Å². The highest BCUT2D eigenvalue weighted by molar-refractivity contribution is 6.31. The van der Waals surface area contributed by atoms with Crippen molar-refractivity contribution >= 4 is 28.3 Å². The molecule has 2 aliphatic rings. The molecule has 2 fully saturated rings. The first-order chi connectivity index (χ1) is 10.7. The highest BCUT2D eigenvalue weighted by atomic mass is 35.5. The van der Waals surface area contributed by atoms with Crippen LogP contribution in [0.4, 0.5) is 5.82 Å². The fourth-order valence-corrected chi connectivity index (χ4v) is 5.40. The van der Waals surface area contributed by atoms with Gasteiger partial charge in [0.05, 0.1) is 5.52 Å². The van der Waals surface area contributed by atoms with Gasteiger partial charge in [0.2, 0.25) is 0 Å². The van der Waals surface area contributed by atoms with Gasteiger partial charge >= 0.3 is 0 Å². The van der Waals surface area contributed by atoms with Crippen LogP contribution >= 0.6 is 11.6 Å². The third kappa shape index (κ3) is 2.61. The maximum absolute atomic E-state index is 6.18. The zero-order valence-electron chi connectivity index (χ0n) is 14.5. The summed E-state index contributed by atoms with van der Waals surface area (Å²) in [6.45, 7) is 10.6. The van der Waals surface area contributed by atoms with E-state index in [2.05, 4.69) is 44.7 Å². The number of hydrogen-bond donors (Lipinski definition) is 0. The summed E-state index contributed by atoms with van der Waals surface area (Å²) in [6.07, 6.45) is 3.87. The van der Waals surface area contributed by atoms with Crippen LogP contribution in [0.25, 0.3) is 10.9 Å². The molecule has 0 amide bonds. The van der Waals surface area contributed by atoms with Crippen molar-refractivity contribution in [2.24, 2.45) is 10.8 Å². The summed E-state index contributed by atoms with van der Waals surface area (Å²) in [5.41, 5.74) is 3.15. The van der Waals surface area contributed by atoms with Gasteiger partial charge in [-0.3, -0.25) is 0 Å². The number of rotatable bonds is 1. The average molecular weight is 329 g/mol. The summed E-state index contributed by atoms with van der Waals surface area (Å²) < 4.78 is 0. The van der Waals surface area contributed by atoms with Crippen molar-refractivity contribution in [3.63, 3.8) is 0 Å². The summed E-state index contributed by atoms with van der Waals surface area (Å²) >= 11 is 6.18. The summed E-state index contributed by atoms with van der Waals surface area (Å²) in [4.78, 5) is 7.52. The maximum Gasteiger partial charge on any atom is 0.129 e. The molecule has 122 valence electrons. The smallest absolute Gasteiger partial charge is 0.129 e.